The van der Waals surface area contributed by atoms with Crippen LogP contribution in [0.3, 0.4) is 0 Å². The van der Waals surface area contributed by atoms with Crippen molar-refractivity contribution >= 4 is 7.12 Å². The van der Waals surface area contributed by atoms with E-state index in [1.807, 2.05) is 30.3 Å². The van der Waals surface area contributed by atoms with Crippen molar-refractivity contribution in [2.75, 3.05) is 6.44 Å². The number of nitrogens with one attached hydrogen (secondary N) is 1. The molecule has 0 atom stereocenters. The van der Waals surface area contributed by atoms with Gasteiger partial charge in [0, 0.05) is 13.0 Å². The van der Waals surface area contributed by atoms with Gasteiger partial charge in [-0.3, -0.25) is 0 Å². The Kier molecular flexibility index (Phi) is 3.80. The van der Waals surface area contributed by atoms with Gasteiger partial charge in [-0.05, 0) is 5.56 Å². The van der Waals surface area contributed by atoms with Crippen LogP contribution in [0.25, 0.3) is 0 Å². The largest absolute Gasteiger partial charge is 0.466 e. The molecule has 3 nitrogen and oxygen atoms in total. The van der Waals surface area contributed by atoms with Gasteiger partial charge >= 0.3 is 7.12 Å². The molecular formula is C8H12BNO2. The van der Waals surface area contributed by atoms with Crippen LogP contribution in [0, 0.1) is 0 Å². The van der Waals surface area contributed by atoms with E-state index in [1.54, 1.807) is 0 Å². The van der Waals surface area contributed by atoms with Gasteiger partial charge in [0.05, 0.1) is 0 Å². The van der Waals surface area contributed by atoms with E-state index in [1.165, 1.54) is 0 Å². The summed E-state index contributed by atoms with van der Waals surface area (Å²) in [6.45, 7) is 0.665. The second-order valence-corrected chi connectivity index (χ2v) is 2.60. The predicted molar refractivity (Wildman–Crippen MR) is 48.3 cm³/mol. The number of hydrogen-bond acceptors (Lipinski definition) is 3. The molecule has 1 rings (SSSR count). The zero-order valence-corrected chi connectivity index (χ0v) is 6.77. The van der Waals surface area contributed by atoms with Gasteiger partial charge in [-0.2, -0.15) is 0 Å². The van der Waals surface area contributed by atoms with Crippen molar-refractivity contribution in [1.29, 1.82) is 0 Å². The quantitative estimate of drug-likeness (QED) is 0.541. The predicted octanol–water partition coefficient (Wildman–Crippen LogP) is -0.212. The Labute approximate surface area is 72.2 Å². The Balaban J connectivity index is 2.25. The van der Waals surface area contributed by atoms with E-state index in [-0.39, 0.29) is 6.44 Å². The fraction of sp³-hybridized carbons (Fsp3) is 0.250. The van der Waals surface area contributed by atoms with E-state index in [9.17, 15) is 0 Å². The topological polar surface area (TPSA) is 52.5 Å². The highest BCUT2D eigenvalue weighted by Crippen LogP contribution is 1.96. The fourth-order valence-corrected chi connectivity index (χ4v) is 0.941. The molecule has 64 valence electrons. The molecule has 4 heteroatoms. The summed E-state index contributed by atoms with van der Waals surface area (Å²) < 4.78 is 0. The van der Waals surface area contributed by atoms with Crippen LogP contribution in [0.1, 0.15) is 5.56 Å². The van der Waals surface area contributed by atoms with E-state index in [4.69, 9.17) is 10.0 Å². The average Bonchev–Trinajstić information content (AvgIpc) is 2.05. The lowest BCUT2D eigenvalue weighted by Gasteiger charge is -2.02. The molecule has 0 aliphatic carbocycles. The number of rotatable bonds is 4. The SMILES string of the molecule is OB(O)CNCc1ccccc1. The maximum atomic E-state index is 8.52. The van der Waals surface area contributed by atoms with Crippen LogP contribution in [0.4, 0.5) is 0 Å². The average molecular weight is 165 g/mol. The first-order valence-electron chi connectivity index (χ1n) is 3.90. The van der Waals surface area contributed by atoms with Gasteiger partial charge in [0.25, 0.3) is 0 Å². The van der Waals surface area contributed by atoms with Gasteiger partial charge in [0.2, 0.25) is 0 Å². The van der Waals surface area contributed by atoms with E-state index >= 15 is 0 Å². The first kappa shape index (κ1) is 9.25. The van der Waals surface area contributed by atoms with Crippen LogP contribution in [-0.4, -0.2) is 23.6 Å². The molecule has 12 heavy (non-hydrogen) atoms. The first-order valence-corrected chi connectivity index (χ1v) is 3.90. The van der Waals surface area contributed by atoms with Crippen LogP contribution in [0.2, 0.25) is 0 Å². The van der Waals surface area contributed by atoms with Gasteiger partial charge in [0.15, 0.2) is 0 Å². The summed E-state index contributed by atoms with van der Waals surface area (Å²) in [6, 6.07) is 9.82. The van der Waals surface area contributed by atoms with Crippen molar-refractivity contribution < 1.29 is 10.0 Å². The molecule has 0 saturated carbocycles. The standard InChI is InChI=1S/C8H12BNO2/c11-9(12)7-10-6-8-4-2-1-3-5-8/h1-5,10-12H,6-7H2. The van der Waals surface area contributed by atoms with Gasteiger partial charge in [-0.25, -0.2) is 0 Å². The summed E-state index contributed by atoms with van der Waals surface area (Å²) in [7, 11) is -1.27. The highest BCUT2D eigenvalue weighted by Gasteiger charge is 2.03. The van der Waals surface area contributed by atoms with E-state index in [2.05, 4.69) is 5.32 Å². The third-order valence-corrected chi connectivity index (χ3v) is 1.50. The molecule has 0 heterocycles. The van der Waals surface area contributed by atoms with Gasteiger partial charge < -0.3 is 15.4 Å². The molecule has 0 aliphatic heterocycles. The summed E-state index contributed by atoms with van der Waals surface area (Å²) in [6.07, 6.45) is 0.203. The molecular weight excluding hydrogens is 153 g/mol. The molecule has 0 amide bonds. The second-order valence-electron chi connectivity index (χ2n) is 2.60. The van der Waals surface area contributed by atoms with Gasteiger partial charge in [-0.1, -0.05) is 30.3 Å². The molecule has 1 aromatic rings. The molecule has 3 N–H and O–H groups in total. The Morgan fingerprint density at radius 2 is 1.83 bits per heavy atom. The number of hydrogen-bond donors (Lipinski definition) is 3. The minimum absolute atomic E-state index is 0.203. The molecule has 0 unspecified atom stereocenters. The normalized spacial score (nSPS) is 9.83. The lowest BCUT2D eigenvalue weighted by molar-refractivity contribution is 0.399. The second kappa shape index (κ2) is 4.93. The summed E-state index contributed by atoms with van der Waals surface area (Å²) in [5.41, 5.74) is 1.14. The highest BCUT2D eigenvalue weighted by molar-refractivity contribution is 6.41. The fourth-order valence-electron chi connectivity index (χ4n) is 0.941. The maximum Gasteiger partial charge on any atom is 0.466 e. The lowest BCUT2D eigenvalue weighted by atomic mass is 9.92. The molecule has 0 radical (unpaired) electrons. The van der Waals surface area contributed by atoms with Crippen molar-refractivity contribution in [3.63, 3.8) is 0 Å². The number of benzene rings is 1. The third-order valence-electron chi connectivity index (χ3n) is 1.50. The van der Waals surface area contributed by atoms with E-state index in [0.29, 0.717) is 6.54 Å². The molecule has 0 bridgehead atoms. The third kappa shape index (κ3) is 3.53. The minimum Gasteiger partial charge on any atom is -0.426 e. The van der Waals surface area contributed by atoms with Gasteiger partial charge in [-0.15, -0.1) is 0 Å². The van der Waals surface area contributed by atoms with Crippen LogP contribution >= 0.6 is 0 Å². The molecule has 0 spiro atoms. The zero-order valence-electron chi connectivity index (χ0n) is 6.77. The summed E-state index contributed by atoms with van der Waals surface area (Å²) in [5.74, 6) is 0. The zero-order chi connectivity index (χ0) is 8.81. The Morgan fingerprint density at radius 3 is 2.42 bits per heavy atom. The van der Waals surface area contributed by atoms with E-state index < -0.39 is 7.12 Å². The van der Waals surface area contributed by atoms with Crippen LogP contribution in [0.5, 0.6) is 0 Å². The van der Waals surface area contributed by atoms with Crippen LogP contribution < -0.4 is 5.32 Å². The summed E-state index contributed by atoms with van der Waals surface area (Å²) in [4.78, 5) is 0. The molecule has 0 fully saturated rings. The summed E-state index contributed by atoms with van der Waals surface area (Å²) >= 11 is 0. The van der Waals surface area contributed by atoms with Crippen molar-refractivity contribution in [2.45, 2.75) is 6.54 Å². The Hall–Kier alpha value is -0.835. The van der Waals surface area contributed by atoms with Crippen molar-refractivity contribution in [2.24, 2.45) is 0 Å². The smallest absolute Gasteiger partial charge is 0.426 e. The maximum absolute atomic E-state index is 8.52. The van der Waals surface area contributed by atoms with Crippen molar-refractivity contribution in [1.82, 2.24) is 5.32 Å². The molecule has 0 saturated heterocycles. The Bertz CT molecular complexity index is 216. The van der Waals surface area contributed by atoms with Crippen LogP contribution in [-0.2, 0) is 6.54 Å². The summed E-state index contributed by atoms with van der Waals surface area (Å²) in [5, 5.41) is 19.9. The van der Waals surface area contributed by atoms with E-state index in [0.717, 1.165) is 5.56 Å². The molecule has 0 aromatic heterocycles. The Morgan fingerprint density at radius 1 is 1.17 bits per heavy atom. The highest BCUT2D eigenvalue weighted by atomic mass is 16.4. The minimum atomic E-state index is -1.27. The van der Waals surface area contributed by atoms with Gasteiger partial charge in [0.1, 0.15) is 0 Å². The van der Waals surface area contributed by atoms with Crippen molar-refractivity contribution in [3.8, 4) is 0 Å². The monoisotopic (exact) mass is 165 g/mol. The van der Waals surface area contributed by atoms with Crippen molar-refractivity contribution in [3.05, 3.63) is 35.9 Å². The molecule has 0 aliphatic rings. The molecule has 1 aromatic carbocycles. The van der Waals surface area contributed by atoms with Crippen LogP contribution in [0.15, 0.2) is 30.3 Å². The lowest BCUT2D eigenvalue weighted by Crippen LogP contribution is -2.30. The first-order chi connectivity index (χ1) is 5.79.